The molecular formula is C24H38O5. The molecule has 0 N–H and O–H groups in total. The molecule has 0 spiro atoms. The average molecular weight is 407 g/mol. The second kappa shape index (κ2) is 16.9. The highest BCUT2D eigenvalue weighted by molar-refractivity contribution is 5.73. The van der Waals surface area contributed by atoms with E-state index in [4.69, 9.17) is 14.2 Å². The van der Waals surface area contributed by atoms with E-state index in [9.17, 15) is 9.59 Å². The van der Waals surface area contributed by atoms with Gasteiger partial charge in [-0.15, -0.1) is 0 Å². The fourth-order valence-corrected chi connectivity index (χ4v) is 3.09. The monoisotopic (exact) mass is 406 g/mol. The molecule has 164 valence electrons. The van der Waals surface area contributed by atoms with Crippen molar-refractivity contribution in [3.63, 3.8) is 0 Å². The summed E-state index contributed by atoms with van der Waals surface area (Å²) in [5.74, 6) is 0.556. The molecule has 0 aliphatic carbocycles. The van der Waals surface area contributed by atoms with Gasteiger partial charge in [0.25, 0.3) is 0 Å². The number of rotatable bonds is 17. The quantitative estimate of drug-likeness (QED) is 0.174. The molecule has 0 aromatic heterocycles. The van der Waals surface area contributed by atoms with Gasteiger partial charge in [-0.3, -0.25) is 9.59 Å². The van der Waals surface area contributed by atoms with E-state index in [1.807, 2.05) is 6.07 Å². The van der Waals surface area contributed by atoms with Crippen LogP contribution in [0.5, 0.6) is 11.5 Å². The summed E-state index contributed by atoms with van der Waals surface area (Å²) in [6.07, 6.45) is 12.8. The van der Waals surface area contributed by atoms with Gasteiger partial charge in [-0.25, -0.2) is 0 Å². The van der Waals surface area contributed by atoms with E-state index in [0.29, 0.717) is 37.4 Å². The van der Waals surface area contributed by atoms with E-state index in [2.05, 4.69) is 6.92 Å². The zero-order chi connectivity index (χ0) is 21.2. The Morgan fingerprint density at radius 1 is 0.724 bits per heavy atom. The fourth-order valence-electron chi connectivity index (χ4n) is 3.09. The molecule has 0 heterocycles. The van der Waals surface area contributed by atoms with Crippen molar-refractivity contribution in [2.75, 3.05) is 13.7 Å². The van der Waals surface area contributed by atoms with Crippen LogP contribution in [-0.2, 0) is 14.3 Å². The van der Waals surface area contributed by atoms with Crippen LogP contribution in [0.4, 0.5) is 0 Å². The Bertz CT molecular complexity index is 570. The van der Waals surface area contributed by atoms with Crippen LogP contribution in [-0.4, -0.2) is 25.7 Å². The fraction of sp³-hybridized carbons (Fsp3) is 0.667. The van der Waals surface area contributed by atoms with Crippen molar-refractivity contribution in [3.05, 3.63) is 24.3 Å². The third-order valence-corrected chi connectivity index (χ3v) is 4.82. The van der Waals surface area contributed by atoms with Gasteiger partial charge in [-0.1, -0.05) is 70.4 Å². The largest absolute Gasteiger partial charge is 0.493 e. The SMILES string of the molecule is CCCCCCCCCCOC(=O)CCCCCC(=O)Oc1ccccc1OC. The summed E-state index contributed by atoms with van der Waals surface area (Å²) in [5, 5.41) is 0. The lowest BCUT2D eigenvalue weighted by molar-refractivity contribution is -0.143. The van der Waals surface area contributed by atoms with E-state index in [0.717, 1.165) is 25.7 Å². The summed E-state index contributed by atoms with van der Waals surface area (Å²) in [6.45, 7) is 2.75. The topological polar surface area (TPSA) is 61.8 Å². The molecule has 0 fully saturated rings. The van der Waals surface area contributed by atoms with Crippen molar-refractivity contribution in [2.24, 2.45) is 0 Å². The number of methoxy groups -OCH3 is 1. The van der Waals surface area contributed by atoms with Crippen LogP contribution in [0.1, 0.15) is 90.4 Å². The number of esters is 2. The van der Waals surface area contributed by atoms with E-state index >= 15 is 0 Å². The standard InChI is InChI=1S/C24H38O5/c1-3-4-5-6-7-8-9-15-20-28-23(25)18-11-10-12-19-24(26)29-22-17-14-13-16-21(22)27-2/h13-14,16-17H,3-12,15,18-20H2,1-2H3. The minimum absolute atomic E-state index is 0.135. The smallest absolute Gasteiger partial charge is 0.311 e. The molecule has 0 atom stereocenters. The molecular weight excluding hydrogens is 368 g/mol. The summed E-state index contributed by atoms with van der Waals surface area (Å²) >= 11 is 0. The van der Waals surface area contributed by atoms with Gasteiger partial charge in [0.05, 0.1) is 13.7 Å². The first-order valence-corrected chi connectivity index (χ1v) is 11.2. The van der Waals surface area contributed by atoms with E-state index in [1.54, 1.807) is 25.3 Å². The van der Waals surface area contributed by atoms with Crippen molar-refractivity contribution in [1.29, 1.82) is 0 Å². The molecule has 5 nitrogen and oxygen atoms in total. The molecule has 0 unspecified atom stereocenters. The molecule has 1 aromatic carbocycles. The lowest BCUT2D eigenvalue weighted by Crippen LogP contribution is -2.09. The van der Waals surface area contributed by atoms with Crippen LogP contribution in [0, 0.1) is 0 Å². The van der Waals surface area contributed by atoms with Gasteiger partial charge >= 0.3 is 11.9 Å². The van der Waals surface area contributed by atoms with Gasteiger partial charge in [0, 0.05) is 12.8 Å². The Labute approximate surface area is 176 Å². The average Bonchev–Trinajstić information content (AvgIpc) is 2.72. The Morgan fingerprint density at radius 3 is 1.93 bits per heavy atom. The predicted molar refractivity (Wildman–Crippen MR) is 115 cm³/mol. The van der Waals surface area contributed by atoms with Crippen LogP contribution < -0.4 is 9.47 Å². The molecule has 29 heavy (non-hydrogen) atoms. The number of carbonyl (C=O) groups is 2. The highest BCUT2D eigenvalue weighted by atomic mass is 16.6. The Morgan fingerprint density at radius 2 is 1.28 bits per heavy atom. The first-order chi connectivity index (χ1) is 14.2. The summed E-state index contributed by atoms with van der Waals surface area (Å²) in [4.78, 5) is 23.6. The molecule has 1 aromatic rings. The van der Waals surface area contributed by atoms with E-state index in [1.165, 1.54) is 38.5 Å². The minimum Gasteiger partial charge on any atom is -0.493 e. The maximum Gasteiger partial charge on any atom is 0.311 e. The van der Waals surface area contributed by atoms with Gasteiger partial charge in [-0.2, -0.15) is 0 Å². The summed E-state index contributed by atoms with van der Waals surface area (Å²) < 4.78 is 15.8. The summed E-state index contributed by atoms with van der Waals surface area (Å²) in [6, 6.07) is 7.08. The Hall–Kier alpha value is -2.04. The van der Waals surface area contributed by atoms with Crippen molar-refractivity contribution in [3.8, 4) is 11.5 Å². The van der Waals surface area contributed by atoms with Crippen LogP contribution in [0.3, 0.4) is 0 Å². The molecule has 0 radical (unpaired) electrons. The van der Waals surface area contributed by atoms with Crippen LogP contribution in [0.2, 0.25) is 0 Å². The molecule has 0 saturated carbocycles. The van der Waals surface area contributed by atoms with Gasteiger partial charge < -0.3 is 14.2 Å². The lowest BCUT2D eigenvalue weighted by Gasteiger charge is -2.08. The molecule has 1 rings (SSSR count). The van der Waals surface area contributed by atoms with Crippen LogP contribution in [0.15, 0.2) is 24.3 Å². The zero-order valence-corrected chi connectivity index (χ0v) is 18.3. The van der Waals surface area contributed by atoms with Crippen molar-refractivity contribution in [1.82, 2.24) is 0 Å². The van der Waals surface area contributed by atoms with Crippen molar-refractivity contribution < 1.29 is 23.8 Å². The Kier molecular flexibility index (Phi) is 14.5. The zero-order valence-electron chi connectivity index (χ0n) is 18.3. The lowest BCUT2D eigenvalue weighted by atomic mass is 10.1. The first kappa shape index (κ1) is 25.0. The van der Waals surface area contributed by atoms with Gasteiger partial charge in [0.15, 0.2) is 11.5 Å². The third-order valence-electron chi connectivity index (χ3n) is 4.82. The molecule has 0 aliphatic rings. The first-order valence-electron chi connectivity index (χ1n) is 11.2. The molecule has 0 amide bonds. The number of hydrogen-bond acceptors (Lipinski definition) is 5. The maximum atomic E-state index is 11.9. The number of carbonyl (C=O) groups excluding carboxylic acids is 2. The minimum atomic E-state index is -0.285. The number of para-hydroxylation sites is 2. The maximum absolute atomic E-state index is 11.9. The summed E-state index contributed by atoms with van der Waals surface area (Å²) in [7, 11) is 1.54. The van der Waals surface area contributed by atoms with Gasteiger partial charge in [0.2, 0.25) is 0 Å². The Balaban J connectivity index is 1.96. The number of benzene rings is 1. The molecule has 5 heteroatoms. The number of unbranched alkanes of at least 4 members (excludes halogenated alkanes) is 9. The summed E-state index contributed by atoms with van der Waals surface area (Å²) in [5.41, 5.74) is 0. The van der Waals surface area contributed by atoms with Crippen LogP contribution >= 0.6 is 0 Å². The number of hydrogen-bond donors (Lipinski definition) is 0. The highest BCUT2D eigenvalue weighted by Gasteiger charge is 2.09. The second-order valence-corrected chi connectivity index (χ2v) is 7.38. The second-order valence-electron chi connectivity index (χ2n) is 7.38. The highest BCUT2D eigenvalue weighted by Crippen LogP contribution is 2.26. The predicted octanol–water partition coefficient (Wildman–Crippen LogP) is 6.24. The normalized spacial score (nSPS) is 10.6. The molecule has 0 saturated heterocycles. The van der Waals surface area contributed by atoms with E-state index in [-0.39, 0.29) is 11.9 Å². The molecule has 0 bridgehead atoms. The van der Waals surface area contributed by atoms with Gasteiger partial charge in [-0.05, 0) is 31.4 Å². The van der Waals surface area contributed by atoms with Crippen molar-refractivity contribution in [2.45, 2.75) is 90.4 Å². The number of ether oxygens (including phenoxy) is 3. The molecule has 0 aliphatic heterocycles. The van der Waals surface area contributed by atoms with Gasteiger partial charge in [0.1, 0.15) is 0 Å². The van der Waals surface area contributed by atoms with E-state index < -0.39 is 0 Å². The van der Waals surface area contributed by atoms with Crippen LogP contribution in [0.25, 0.3) is 0 Å². The van der Waals surface area contributed by atoms with Crippen molar-refractivity contribution >= 4 is 11.9 Å². The third kappa shape index (κ3) is 12.9.